The molecule has 1 N–H and O–H groups in total. The molecule has 0 spiro atoms. The Hall–Kier alpha value is -3.47. The van der Waals surface area contributed by atoms with Crippen LogP contribution in [0, 0.1) is 0 Å². The largest absolute Gasteiger partial charge is 0.478 e. The molecule has 0 atom stereocenters. The number of allylic oxidation sites excluding steroid dienone is 1. The summed E-state index contributed by atoms with van der Waals surface area (Å²) >= 11 is 0. The highest BCUT2D eigenvalue weighted by atomic mass is 16.5. The Morgan fingerprint density at radius 1 is 1.00 bits per heavy atom. The Balaban J connectivity index is 0.000000263. The molecule has 0 aromatic heterocycles. The Morgan fingerprint density at radius 3 is 2.04 bits per heavy atom. The van der Waals surface area contributed by atoms with Gasteiger partial charge in [-0.15, -0.1) is 0 Å². The molecule has 0 unspecified atom stereocenters. The highest BCUT2D eigenvalue weighted by Crippen LogP contribution is 2.03. The van der Waals surface area contributed by atoms with Crippen LogP contribution in [0.1, 0.15) is 22.8 Å². The predicted molar refractivity (Wildman–Crippen MR) is 98.6 cm³/mol. The number of hydrogen-bond acceptors (Lipinski definition) is 4. The lowest BCUT2D eigenvalue weighted by Crippen LogP contribution is -2.01. The van der Waals surface area contributed by atoms with E-state index in [4.69, 9.17) is 9.84 Å². The second kappa shape index (κ2) is 11.1. The van der Waals surface area contributed by atoms with Crippen LogP contribution < -0.4 is 0 Å². The number of carboxylic acid groups (broad SMARTS) is 1. The second-order valence-electron chi connectivity index (χ2n) is 5.16. The fourth-order valence-corrected chi connectivity index (χ4v) is 1.73. The van der Waals surface area contributed by atoms with Gasteiger partial charge in [-0.2, -0.15) is 0 Å². The Labute approximate surface area is 152 Å². The fourth-order valence-electron chi connectivity index (χ4n) is 1.73. The SMILES string of the molecule is C=CC(=O)OCc1ccccc1.CC(=CC(=O)c1ccccc1)C(=O)O. The summed E-state index contributed by atoms with van der Waals surface area (Å²) in [5.41, 5.74) is 1.51. The smallest absolute Gasteiger partial charge is 0.331 e. The first-order valence-corrected chi connectivity index (χ1v) is 7.78. The quantitative estimate of drug-likeness (QED) is 0.486. The summed E-state index contributed by atoms with van der Waals surface area (Å²) < 4.78 is 4.82. The highest BCUT2D eigenvalue weighted by Gasteiger charge is 2.05. The normalized spacial score (nSPS) is 10.1. The van der Waals surface area contributed by atoms with E-state index in [9.17, 15) is 14.4 Å². The maximum Gasteiger partial charge on any atom is 0.331 e. The van der Waals surface area contributed by atoms with E-state index in [-0.39, 0.29) is 17.3 Å². The van der Waals surface area contributed by atoms with Crippen LogP contribution in [0.4, 0.5) is 0 Å². The van der Waals surface area contributed by atoms with E-state index >= 15 is 0 Å². The molecular formula is C21H20O5. The molecule has 2 rings (SSSR count). The van der Waals surface area contributed by atoms with Gasteiger partial charge in [0.15, 0.2) is 5.78 Å². The summed E-state index contributed by atoms with van der Waals surface area (Å²) in [4.78, 5) is 32.5. The zero-order valence-electron chi connectivity index (χ0n) is 14.4. The molecule has 134 valence electrons. The lowest BCUT2D eigenvalue weighted by Gasteiger charge is -2.00. The first-order chi connectivity index (χ1) is 12.4. The molecule has 2 aromatic rings. The minimum atomic E-state index is -1.07. The van der Waals surface area contributed by atoms with Crippen molar-refractivity contribution >= 4 is 17.7 Å². The van der Waals surface area contributed by atoms with Gasteiger partial charge in [-0.05, 0) is 18.6 Å². The van der Waals surface area contributed by atoms with Crippen LogP contribution in [-0.2, 0) is 20.9 Å². The van der Waals surface area contributed by atoms with Crippen LogP contribution in [0.5, 0.6) is 0 Å². The van der Waals surface area contributed by atoms with Gasteiger partial charge in [0.25, 0.3) is 0 Å². The maximum absolute atomic E-state index is 11.4. The first-order valence-electron chi connectivity index (χ1n) is 7.78. The Bertz CT molecular complexity index is 777. The molecule has 5 heteroatoms. The second-order valence-corrected chi connectivity index (χ2v) is 5.16. The third kappa shape index (κ3) is 7.88. The third-order valence-electron chi connectivity index (χ3n) is 3.13. The van der Waals surface area contributed by atoms with E-state index in [1.165, 1.54) is 6.92 Å². The number of hydrogen-bond donors (Lipinski definition) is 1. The molecule has 26 heavy (non-hydrogen) atoms. The molecule has 0 radical (unpaired) electrons. The van der Waals surface area contributed by atoms with Crippen LogP contribution in [0.25, 0.3) is 0 Å². The Morgan fingerprint density at radius 2 is 1.54 bits per heavy atom. The van der Waals surface area contributed by atoms with E-state index in [2.05, 4.69) is 6.58 Å². The van der Waals surface area contributed by atoms with Crippen molar-refractivity contribution in [3.8, 4) is 0 Å². The van der Waals surface area contributed by atoms with Gasteiger partial charge in [0.2, 0.25) is 0 Å². The maximum atomic E-state index is 11.4. The fraction of sp³-hybridized carbons (Fsp3) is 0.0952. The zero-order valence-corrected chi connectivity index (χ0v) is 14.4. The van der Waals surface area contributed by atoms with Crippen LogP contribution in [0.15, 0.2) is 85.0 Å². The van der Waals surface area contributed by atoms with Crippen molar-refractivity contribution < 1.29 is 24.2 Å². The number of ether oxygens (including phenoxy) is 1. The van der Waals surface area contributed by atoms with Crippen molar-refractivity contribution in [3.05, 3.63) is 96.1 Å². The van der Waals surface area contributed by atoms with E-state index in [0.717, 1.165) is 17.7 Å². The van der Waals surface area contributed by atoms with Crippen molar-refractivity contribution in [3.63, 3.8) is 0 Å². The van der Waals surface area contributed by atoms with Gasteiger partial charge in [0, 0.05) is 17.2 Å². The van der Waals surface area contributed by atoms with E-state index < -0.39 is 5.97 Å². The summed E-state index contributed by atoms with van der Waals surface area (Å²) in [6.07, 6.45) is 2.28. The van der Waals surface area contributed by atoms with Crippen molar-refractivity contribution in [2.75, 3.05) is 0 Å². The number of aliphatic carboxylic acids is 1. The number of carbonyl (C=O) groups is 3. The topological polar surface area (TPSA) is 80.7 Å². The predicted octanol–water partition coefficient (Wildman–Crippen LogP) is 3.82. The standard InChI is InChI=1S/C11H10O3.C10H10O2/c1-8(11(13)14)7-10(12)9-5-3-2-4-6-9;1-2-10(11)12-8-9-6-4-3-5-7-9/h2-7H,1H3,(H,13,14);2-7H,1,8H2. The molecular weight excluding hydrogens is 332 g/mol. The lowest BCUT2D eigenvalue weighted by atomic mass is 10.1. The minimum Gasteiger partial charge on any atom is -0.478 e. The lowest BCUT2D eigenvalue weighted by molar-refractivity contribution is -0.139. The van der Waals surface area contributed by atoms with Crippen LogP contribution in [-0.4, -0.2) is 22.8 Å². The average Bonchev–Trinajstić information content (AvgIpc) is 2.68. The molecule has 0 aliphatic carbocycles. The summed E-state index contributed by atoms with van der Waals surface area (Å²) in [5.74, 6) is -1.75. The molecule has 0 bridgehead atoms. The first kappa shape index (κ1) is 20.6. The number of carboxylic acids is 1. The van der Waals surface area contributed by atoms with Crippen LogP contribution in [0.2, 0.25) is 0 Å². The summed E-state index contributed by atoms with van der Waals surface area (Å²) in [6.45, 7) is 5.00. The summed E-state index contributed by atoms with van der Waals surface area (Å²) in [5, 5.41) is 8.56. The number of ketones is 1. The monoisotopic (exact) mass is 352 g/mol. The van der Waals surface area contributed by atoms with Gasteiger partial charge < -0.3 is 9.84 Å². The van der Waals surface area contributed by atoms with E-state index in [0.29, 0.717) is 12.2 Å². The molecule has 0 aliphatic heterocycles. The Kier molecular flexibility index (Phi) is 8.82. The number of benzene rings is 2. The summed E-state index contributed by atoms with van der Waals surface area (Å²) in [7, 11) is 0. The van der Waals surface area contributed by atoms with E-state index in [1.54, 1.807) is 30.3 Å². The molecule has 0 fully saturated rings. The van der Waals surface area contributed by atoms with Gasteiger partial charge in [-0.25, -0.2) is 9.59 Å². The van der Waals surface area contributed by atoms with Gasteiger partial charge in [-0.3, -0.25) is 4.79 Å². The van der Waals surface area contributed by atoms with Crippen molar-refractivity contribution in [2.45, 2.75) is 13.5 Å². The highest BCUT2D eigenvalue weighted by molar-refractivity contribution is 6.08. The van der Waals surface area contributed by atoms with Crippen molar-refractivity contribution in [1.82, 2.24) is 0 Å². The molecule has 0 saturated heterocycles. The van der Waals surface area contributed by atoms with Crippen molar-refractivity contribution in [2.24, 2.45) is 0 Å². The molecule has 0 amide bonds. The summed E-state index contributed by atoms with van der Waals surface area (Å²) in [6, 6.07) is 18.1. The van der Waals surface area contributed by atoms with Crippen LogP contribution >= 0.6 is 0 Å². The van der Waals surface area contributed by atoms with Gasteiger partial charge in [0.05, 0.1) is 0 Å². The third-order valence-corrected chi connectivity index (χ3v) is 3.13. The molecule has 0 aliphatic rings. The average molecular weight is 352 g/mol. The van der Waals surface area contributed by atoms with Gasteiger partial charge in [0.1, 0.15) is 6.61 Å². The number of esters is 1. The molecule has 2 aromatic carbocycles. The molecule has 0 heterocycles. The van der Waals surface area contributed by atoms with Crippen molar-refractivity contribution in [1.29, 1.82) is 0 Å². The van der Waals surface area contributed by atoms with Gasteiger partial charge >= 0.3 is 11.9 Å². The number of carbonyl (C=O) groups excluding carboxylic acids is 2. The molecule has 0 saturated carbocycles. The van der Waals surface area contributed by atoms with Gasteiger partial charge in [-0.1, -0.05) is 67.2 Å². The number of rotatable bonds is 6. The minimum absolute atomic E-state index is 0.0406. The van der Waals surface area contributed by atoms with E-state index in [1.807, 2.05) is 30.3 Å². The van der Waals surface area contributed by atoms with Crippen LogP contribution in [0.3, 0.4) is 0 Å². The zero-order chi connectivity index (χ0) is 19.4. The molecule has 5 nitrogen and oxygen atoms in total.